The van der Waals surface area contributed by atoms with Gasteiger partial charge in [-0.25, -0.2) is 23.4 Å². The van der Waals surface area contributed by atoms with Gasteiger partial charge in [0.25, 0.3) is 10.0 Å². The molecule has 0 amide bonds. The van der Waals surface area contributed by atoms with E-state index in [9.17, 15) is 13.5 Å². The lowest BCUT2D eigenvalue weighted by molar-refractivity contribution is 0.195. The summed E-state index contributed by atoms with van der Waals surface area (Å²) in [4.78, 5) is 17.5. The summed E-state index contributed by atoms with van der Waals surface area (Å²) in [5.41, 5.74) is 2.00. The number of nitrogens with one attached hydrogen (secondary N) is 1. The summed E-state index contributed by atoms with van der Waals surface area (Å²) in [6.07, 6.45) is 3.24. The van der Waals surface area contributed by atoms with Crippen LogP contribution in [0.3, 0.4) is 0 Å². The number of benzene rings is 2. The van der Waals surface area contributed by atoms with Crippen molar-refractivity contribution in [2.45, 2.75) is 37.5 Å². The van der Waals surface area contributed by atoms with Gasteiger partial charge in [0.1, 0.15) is 12.4 Å². The molecule has 10 nitrogen and oxygen atoms in total. The first-order chi connectivity index (χ1) is 18.6. The van der Waals surface area contributed by atoms with Crippen LogP contribution in [-0.2, 0) is 21.9 Å². The van der Waals surface area contributed by atoms with Crippen LogP contribution in [0, 0.1) is 0 Å². The maximum absolute atomic E-state index is 13.6. The number of para-hydroxylation sites is 1. The molecule has 0 aliphatic carbocycles. The van der Waals surface area contributed by atoms with Gasteiger partial charge in [-0.3, -0.25) is 4.72 Å². The molecule has 0 fully saturated rings. The van der Waals surface area contributed by atoms with Crippen molar-refractivity contribution >= 4 is 15.8 Å². The molecule has 4 rings (SSSR count). The lowest BCUT2D eigenvalue weighted by Crippen LogP contribution is -2.18. The highest BCUT2D eigenvalue weighted by molar-refractivity contribution is 7.92. The monoisotopic (exact) mass is 549 g/mol. The minimum Gasteiger partial charge on any atom is -0.496 e. The SMILES string of the molecule is COc1ccccc1Cc1c(NS(=O)(=O)c2ccc(C(C)(C)C)cc2)nc(-c2ncccn2)nc1OCCO. The van der Waals surface area contributed by atoms with Crippen LogP contribution in [0.25, 0.3) is 11.6 Å². The topological polar surface area (TPSA) is 136 Å². The molecule has 0 bridgehead atoms. The number of nitrogens with zero attached hydrogens (tertiary/aromatic N) is 4. The maximum Gasteiger partial charge on any atom is 0.263 e. The molecule has 11 heteroatoms. The molecule has 0 radical (unpaired) electrons. The summed E-state index contributed by atoms with van der Waals surface area (Å²) < 4.78 is 41.0. The Morgan fingerprint density at radius 3 is 2.26 bits per heavy atom. The van der Waals surface area contributed by atoms with Crippen LogP contribution in [0.4, 0.5) is 5.82 Å². The Balaban J connectivity index is 1.85. The van der Waals surface area contributed by atoms with Crippen LogP contribution in [0.1, 0.15) is 37.5 Å². The Morgan fingerprint density at radius 1 is 0.923 bits per heavy atom. The quantitative estimate of drug-likeness (QED) is 0.301. The minimum atomic E-state index is -4.06. The Labute approximate surface area is 228 Å². The normalized spacial score (nSPS) is 11.7. The molecule has 2 heterocycles. The van der Waals surface area contributed by atoms with Crippen LogP contribution in [0.15, 0.2) is 71.9 Å². The zero-order chi connectivity index (χ0) is 28.0. The predicted molar refractivity (Wildman–Crippen MR) is 147 cm³/mol. The highest BCUT2D eigenvalue weighted by Gasteiger charge is 2.25. The highest BCUT2D eigenvalue weighted by atomic mass is 32.2. The van der Waals surface area contributed by atoms with Gasteiger partial charge in [0, 0.05) is 18.8 Å². The van der Waals surface area contributed by atoms with Crippen LogP contribution in [0.5, 0.6) is 11.6 Å². The molecule has 2 aromatic heterocycles. The van der Waals surface area contributed by atoms with Crippen LogP contribution >= 0.6 is 0 Å². The molecule has 0 aliphatic heterocycles. The van der Waals surface area contributed by atoms with Gasteiger partial charge in [-0.15, -0.1) is 0 Å². The van der Waals surface area contributed by atoms with Gasteiger partial charge in [0.15, 0.2) is 11.6 Å². The van der Waals surface area contributed by atoms with E-state index in [1.165, 1.54) is 12.4 Å². The zero-order valence-electron chi connectivity index (χ0n) is 22.2. The first kappa shape index (κ1) is 27.9. The molecule has 2 N–H and O–H groups in total. The number of hydrogen-bond acceptors (Lipinski definition) is 9. The molecule has 0 saturated heterocycles. The Bertz CT molecular complexity index is 1520. The Kier molecular flexibility index (Phi) is 8.41. The highest BCUT2D eigenvalue weighted by Crippen LogP contribution is 2.33. The smallest absolute Gasteiger partial charge is 0.263 e. The van der Waals surface area contributed by atoms with Crippen LogP contribution in [-0.4, -0.2) is 53.8 Å². The number of aromatic nitrogens is 4. The number of ether oxygens (including phenoxy) is 2. The third-order valence-electron chi connectivity index (χ3n) is 5.89. The number of methoxy groups -OCH3 is 1. The van der Waals surface area contributed by atoms with E-state index in [1.807, 2.05) is 18.2 Å². The van der Waals surface area contributed by atoms with Gasteiger partial charge in [0.2, 0.25) is 11.7 Å². The third kappa shape index (κ3) is 6.68. The first-order valence-corrected chi connectivity index (χ1v) is 13.8. The fourth-order valence-electron chi connectivity index (χ4n) is 3.84. The summed E-state index contributed by atoms with van der Waals surface area (Å²) >= 11 is 0. The average Bonchev–Trinajstić information content (AvgIpc) is 2.93. The fourth-order valence-corrected chi connectivity index (χ4v) is 4.88. The summed E-state index contributed by atoms with van der Waals surface area (Å²) in [5.74, 6) is 0.949. The lowest BCUT2D eigenvalue weighted by atomic mass is 9.87. The van der Waals surface area contributed by atoms with E-state index >= 15 is 0 Å². The summed E-state index contributed by atoms with van der Waals surface area (Å²) in [6, 6.07) is 15.7. The standard InChI is InChI=1S/C28H31N5O5S/c1-28(2,3)20-10-12-21(13-11-20)39(35,36)33-24-22(18-19-8-5-6-9-23(19)37-4)27(38-17-16-34)32-26(31-24)25-29-14-7-15-30-25/h5-15,34H,16-18H2,1-4H3,(H,31,32,33). The molecule has 0 atom stereocenters. The van der Waals surface area contributed by atoms with Crippen LogP contribution in [0.2, 0.25) is 0 Å². The summed E-state index contributed by atoms with van der Waals surface area (Å²) in [5, 5.41) is 9.44. The van der Waals surface area contributed by atoms with Crippen molar-refractivity contribution in [3.63, 3.8) is 0 Å². The Hall–Kier alpha value is -4.09. The lowest BCUT2D eigenvalue weighted by Gasteiger charge is -2.20. The summed E-state index contributed by atoms with van der Waals surface area (Å²) in [7, 11) is -2.50. The molecule has 204 valence electrons. The second kappa shape index (κ2) is 11.7. The van der Waals surface area contributed by atoms with Crippen molar-refractivity contribution in [2.75, 3.05) is 25.0 Å². The van der Waals surface area contributed by atoms with Gasteiger partial charge in [-0.05, 0) is 40.8 Å². The average molecular weight is 550 g/mol. The second-order valence-corrected chi connectivity index (χ2v) is 11.4. The van der Waals surface area contributed by atoms with Crippen molar-refractivity contribution in [1.82, 2.24) is 19.9 Å². The van der Waals surface area contributed by atoms with Gasteiger partial charge in [-0.2, -0.15) is 4.98 Å². The van der Waals surface area contributed by atoms with E-state index in [0.717, 1.165) is 11.1 Å². The van der Waals surface area contributed by atoms with Gasteiger partial charge < -0.3 is 14.6 Å². The maximum atomic E-state index is 13.6. The molecule has 4 aromatic rings. The number of aliphatic hydroxyl groups is 1. The van der Waals surface area contributed by atoms with E-state index < -0.39 is 10.0 Å². The summed E-state index contributed by atoms with van der Waals surface area (Å²) in [6.45, 7) is 5.84. The van der Waals surface area contributed by atoms with Crippen molar-refractivity contribution in [2.24, 2.45) is 0 Å². The molecule has 2 aromatic carbocycles. The van der Waals surface area contributed by atoms with Crippen LogP contribution < -0.4 is 14.2 Å². The van der Waals surface area contributed by atoms with E-state index in [-0.39, 0.29) is 53.3 Å². The molecule has 39 heavy (non-hydrogen) atoms. The first-order valence-electron chi connectivity index (χ1n) is 12.3. The van der Waals surface area contributed by atoms with Gasteiger partial charge in [-0.1, -0.05) is 51.1 Å². The molecule has 0 aliphatic rings. The van der Waals surface area contributed by atoms with E-state index in [0.29, 0.717) is 11.3 Å². The number of hydrogen-bond donors (Lipinski definition) is 2. The molecule has 0 spiro atoms. The molecule has 0 unspecified atom stereocenters. The molecular weight excluding hydrogens is 518 g/mol. The number of aliphatic hydroxyl groups excluding tert-OH is 1. The van der Waals surface area contributed by atoms with E-state index in [2.05, 4.69) is 45.4 Å². The molecule has 0 saturated carbocycles. The third-order valence-corrected chi connectivity index (χ3v) is 7.24. The zero-order valence-corrected chi connectivity index (χ0v) is 23.1. The number of rotatable bonds is 10. The fraction of sp³-hybridized carbons (Fsp3) is 0.286. The number of sulfonamides is 1. The minimum absolute atomic E-state index is 0.00574. The van der Waals surface area contributed by atoms with E-state index in [4.69, 9.17) is 9.47 Å². The van der Waals surface area contributed by atoms with Crippen molar-refractivity contribution in [3.8, 4) is 23.3 Å². The van der Waals surface area contributed by atoms with Crippen molar-refractivity contribution < 1.29 is 23.0 Å². The van der Waals surface area contributed by atoms with E-state index in [1.54, 1.807) is 43.5 Å². The Morgan fingerprint density at radius 2 is 1.62 bits per heavy atom. The van der Waals surface area contributed by atoms with Crippen molar-refractivity contribution in [1.29, 1.82) is 0 Å². The van der Waals surface area contributed by atoms with Gasteiger partial charge >= 0.3 is 0 Å². The van der Waals surface area contributed by atoms with Gasteiger partial charge in [0.05, 0.1) is 24.2 Å². The largest absolute Gasteiger partial charge is 0.496 e. The second-order valence-electron chi connectivity index (χ2n) is 9.69. The van der Waals surface area contributed by atoms with Crippen molar-refractivity contribution in [3.05, 3.63) is 83.7 Å². The number of anilines is 1. The molecular formula is C28H31N5O5S. The predicted octanol–water partition coefficient (Wildman–Crippen LogP) is 4.00.